The van der Waals surface area contributed by atoms with Gasteiger partial charge >= 0.3 is 6.18 Å². The van der Waals surface area contributed by atoms with Crippen molar-refractivity contribution in [3.8, 4) is 22.1 Å². The highest BCUT2D eigenvalue weighted by Gasteiger charge is 2.31. The maximum absolute atomic E-state index is 13.4. The number of hydrogen-bond donors (Lipinski definition) is 1. The van der Waals surface area contributed by atoms with Crippen LogP contribution in [0.15, 0.2) is 66.7 Å². The summed E-state index contributed by atoms with van der Waals surface area (Å²) in [6.45, 7) is 2.08. The second kappa shape index (κ2) is 13.5. The number of benzene rings is 3. The van der Waals surface area contributed by atoms with Crippen LogP contribution in [-0.2, 0) is 17.4 Å². The molecule has 1 N–H and O–H groups in total. The van der Waals surface area contributed by atoms with Crippen molar-refractivity contribution in [1.29, 1.82) is 0 Å². The number of nitrogens with zero attached hydrogens (tertiary/aromatic N) is 3. The minimum absolute atomic E-state index is 0.0300. The van der Waals surface area contributed by atoms with Gasteiger partial charge < -0.3 is 19.7 Å². The van der Waals surface area contributed by atoms with Crippen molar-refractivity contribution >= 4 is 28.3 Å². The predicted octanol–water partition coefficient (Wildman–Crippen LogP) is 6.26. The summed E-state index contributed by atoms with van der Waals surface area (Å²) in [7, 11) is 3.02. The van der Waals surface area contributed by atoms with Crippen LogP contribution in [0.25, 0.3) is 10.6 Å². The SMILES string of the molecule is COc1ccc(CCN(CCC(=O)Nc2nnc(-c3cccc(C)c3)s2)C(=O)c2cccc(C(F)(F)F)c2)cc1OC. The third-order valence-electron chi connectivity index (χ3n) is 6.39. The minimum atomic E-state index is -4.60. The Labute approximate surface area is 245 Å². The number of methoxy groups -OCH3 is 2. The summed E-state index contributed by atoms with van der Waals surface area (Å²) in [6, 6.07) is 17.3. The van der Waals surface area contributed by atoms with Crippen molar-refractivity contribution in [3.05, 3.63) is 89.0 Å². The van der Waals surface area contributed by atoms with E-state index < -0.39 is 23.6 Å². The molecule has 0 radical (unpaired) electrons. The highest BCUT2D eigenvalue weighted by Crippen LogP contribution is 2.31. The maximum Gasteiger partial charge on any atom is 0.416 e. The fourth-order valence-corrected chi connectivity index (χ4v) is 4.97. The third kappa shape index (κ3) is 7.84. The van der Waals surface area contributed by atoms with Gasteiger partial charge in [0.25, 0.3) is 5.91 Å². The predicted molar refractivity (Wildman–Crippen MR) is 154 cm³/mol. The number of nitrogens with one attached hydrogen (secondary N) is 1. The molecule has 3 aromatic carbocycles. The Bertz CT molecular complexity index is 1560. The molecule has 8 nitrogen and oxygen atoms in total. The van der Waals surface area contributed by atoms with E-state index in [0.29, 0.717) is 28.1 Å². The van der Waals surface area contributed by atoms with Gasteiger partial charge in [-0.2, -0.15) is 13.2 Å². The van der Waals surface area contributed by atoms with Gasteiger partial charge in [0.1, 0.15) is 5.01 Å². The normalized spacial score (nSPS) is 11.2. The van der Waals surface area contributed by atoms with E-state index in [0.717, 1.165) is 28.8 Å². The van der Waals surface area contributed by atoms with Gasteiger partial charge in [0, 0.05) is 30.6 Å². The Morgan fingerprint density at radius 2 is 1.69 bits per heavy atom. The number of aryl methyl sites for hydroxylation is 1. The molecule has 0 spiro atoms. The minimum Gasteiger partial charge on any atom is -0.493 e. The molecule has 0 saturated heterocycles. The molecule has 0 unspecified atom stereocenters. The summed E-state index contributed by atoms with van der Waals surface area (Å²) >= 11 is 1.21. The summed E-state index contributed by atoms with van der Waals surface area (Å²) in [5, 5.41) is 11.8. The number of ether oxygens (including phenoxy) is 2. The molecule has 2 amide bonds. The molecule has 4 rings (SSSR count). The molecule has 0 bridgehead atoms. The zero-order valence-electron chi connectivity index (χ0n) is 23.2. The molecule has 12 heteroatoms. The zero-order valence-corrected chi connectivity index (χ0v) is 24.0. The van der Waals surface area contributed by atoms with Gasteiger partial charge in [-0.05, 0) is 55.3 Å². The van der Waals surface area contributed by atoms with E-state index in [-0.39, 0.29) is 25.1 Å². The average Bonchev–Trinajstić information content (AvgIpc) is 3.44. The topological polar surface area (TPSA) is 93.6 Å². The van der Waals surface area contributed by atoms with Crippen molar-refractivity contribution in [1.82, 2.24) is 15.1 Å². The summed E-state index contributed by atoms with van der Waals surface area (Å²) in [6.07, 6.45) is -4.33. The van der Waals surface area contributed by atoms with Crippen LogP contribution in [0.3, 0.4) is 0 Å². The number of halogens is 3. The summed E-state index contributed by atoms with van der Waals surface area (Å²) < 4.78 is 50.6. The van der Waals surface area contributed by atoms with Crippen LogP contribution in [0.5, 0.6) is 11.5 Å². The average molecular weight is 599 g/mol. The van der Waals surface area contributed by atoms with E-state index >= 15 is 0 Å². The fourth-order valence-electron chi connectivity index (χ4n) is 4.21. The number of alkyl halides is 3. The number of carbonyl (C=O) groups excluding carboxylic acids is 2. The molecule has 0 saturated carbocycles. The van der Waals surface area contributed by atoms with Crippen molar-refractivity contribution in [2.24, 2.45) is 0 Å². The number of carbonyl (C=O) groups is 2. The van der Waals surface area contributed by atoms with Gasteiger partial charge in [0.15, 0.2) is 11.5 Å². The second-order valence-corrected chi connectivity index (χ2v) is 10.4. The fraction of sp³-hybridized carbons (Fsp3) is 0.267. The van der Waals surface area contributed by atoms with Crippen molar-refractivity contribution in [2.75, 3.05) is 32.6 Å². The molecule has 1 heterocycles. The van der Waals surface area contributed by atoms with Crippen molar-refractivity contribution < 1.29 is 32.2 Å². The van der Waals surface area contributed by atoms with Gasteiger partial charge in [-0.15, -0.1) is 10.2 Å². The molecule has 0 fully saturated rings. The van der Waals surface area contributed by atoms with Gasteiger partial charge in [-0.1, -0.05) is 47.2 Å². The Morgan fingerprint density at radius 1 is 0.929 bits per heavy atom. The first-order chi connectivity index (χ1) is 20.1. The summed E-state index contributed by atoms with van der Waals surface area (Å²) in [5.74, 6) is 0.0196. The lowest BCUT2D eigenvalue weighted by Gasteiger charge is -2.23. The highest BCUT2D eigenvalue weighted by atomic mass is 32.1. The van der Waals surface area contributed by atoms with Gasteiger partial charge in [-0.25, -0.2) is 0 Å². The Hall–Kier alpha value is -4.45. The van der Waals surface area contributed by atoms with E-state index in [1.165, 1.54) is 42.6 Å². The van der Waals surface area contributed by atoms with Gasteiger partial charge in [0.05, 0.1) is 19.8 Å². The van der Waals surface area contributed by atoms with Crippen molar-refractivity contribution in [2.45, 2.75) is 25.9 Å². The molecule has 0 aliphatic heterocycles. The smallest absolute Gasteiger partial charge is 0.416 e. The van der Waals surface area contributed by atoms with E-state index in [9.17, 15) is 22.8 Å². The van der Waals surface area contributed by atoms with Crippen LogP contribution in [0, 0.1) is 6.92 Å². The van der Waals surface area contributed by atoms with Crippen LogP contribution in [0.2, 0.25) is 0 Å². The standard InChI is InChI=1S/C30H29F3N4O4S/c1-19-6-4-7-21(16-19)27-35-36-29(42-27)34-26(38)13-15-37(14-12-20-10-11-24(40-2)25(17-20)41-3)28(39)22-8-5-9-23(18-22)30(31,32)33/h4-11,16-18H,12-15H2,1-3H3,(H,34,36,38). The number of aromatic nitrogens is 2. The van der Waals surface area contributed by atoms with Crippen LogP contribution < -0.4 is 14.8 Å². The molecule has 42 heavy (non-hydrogen) atoms. The Kier molecular flexibility index (Phi) is 9.79. The van der Waals surface area contributed by atoms with E-state index in [4.69, 9.17) is 9.47 Å². The molecule has 4 aromatic rings. The first-order valence-corrected chi connectivity index (χ1v) is 13.8. The monoisotopic (exact) mass is 598 g/mol. The van der Waals surface area contributed by atoms with E-state index in [1.54, 1.807) is 12.1 Å². The number of hydrogen-bond acceptors (Lipinski definition) is 7. The maximum atomic E-state index is 13.4. The first kappa shape index (κ1) is 30.5. The Morgan fingerprint density at radius 3 is 2.40 bits per heavy atom. The summed E-state index contributed by atoms with van der Waals surface area (Å²) in [5.41, 5.74) is 1.71. The van der Waals surface area contributed by atoms with Crippen LogP contribution in [0.1, 0.15) is 33.5 Å². The molecule has 1 aromatic heterocycles. The van der Waals surface area contributed by atoms with Crippen molar-refractivity contribution in [3.63, 3.8) is 0 Å². The molecule has 0 atom stereocenters. The van der Waals surface area contributed by atoms with Crippen LogP contribution in [0.4, 0.5) is 18.3 Å². The largest absolute Gasteiger partial charge is 0.493 e. The molecule has 220 valence electrons. The quantitative estimate of drug-likeness (QED) is 0.219. The lowest BCUT2D eigenvalue weighted by Crippen LogP contribution is -2.35. The Balaban J connectivity index is 1.47. The molecular formula is C30H29F3N4O4S. The number of rotatable bonds is 11. The van der Waals surface area contributed by atoms with Crippen LogP contribution in [-0.4, -0.2) is 54.2 Å². The summed E-state index contributed by atoms with van der Waals surface area (Å²) in [4.78, 5) is 27.6. The van der Waals surface area contributed by atoms with Crippen LogP contribution >= 0.6 is 11.3 Å². The lowest BCUT2D eigenvalue weighted by atomic mass is 10.1. The zero-order chi connectivity index (χ0) is 30.3. The molecule has 0 aliphatic rings. The number of anilines is 1. The van der Waals surface area contributed by atoms with E-state index in [1.807, 2.05) is 37.3 Å². The second-order valence-electron chi connectivity index (χ2n) is 9.39. The third-order valence-corrected chi connectivity index (χ3v) is 7.28. The molecule has 0 aliphatic carbocycles. The van der Waals surface area contributed by atoms with Gasteiger partial charge in [0.2, 0.25) is 11.0 Å². The lowest BCUT2D eigenvalue weighted by molar-refractivity contribution is -0.137. The first-order valence-electron chi connectivity index (χ1n) is 12.9. The molecular weight excluding hydrogens is 569 g/mol. The number of amides is 2. The highest BCUT2D eigenvalue weighted by molar-refractivity contribution is 7.18. The van der Waals surface area contributed by atoms with Gasteiger partial charge in [-0.3, -0.25) is 9.59 Å². The van der Waals surface area contributed by atoms with E-state index in [2.05, 4.69) is 15.5 Å².